The Labute approximate surface area is 142 Å². The molecular weight excluding hydrogens is 347 g/mol. The van der Waals surface area contributed by atoms with E-state index in [1.807, 2.05) is 0 Å². The van der Waals surface area contributed by atoms with E-state index in [1.165, 1.54) is 4.90 Å². The lowest BCUT2D eigenvalue weighted by Gasteiger charge is -2.23. The number of allylic oxidation sites excluding steroid dienone is 1. The van der Waals surface area contributed by atoms with Gasteiger partial charge in [-0.1, -0.05) is 12.7 Å². The van der Waals surface area contributed by atoms with Crippen LogP contribution in [0.15, 0.2) is 25.4 Å². The number of carbonyl (C=O) groups excluding carboxylic acids is 2. The van der Waals surface area contributed by atoms with E-state index in [9.17, 15) is 31.5 Å². The third-order valence-electron chi connectivity index (χ3n) is 3.99. The van der Waals surface area contributed by atoms with Crippen molar-refractivity contribution in [1.29, 1.82) is 0 Å². The molecule has 0 spiro atoms. The van der Waals surface area contributed by atoms with Gasteiger partial charge in [-0.3, -0.25) is 9.59 Å². The third kappa shape index (κ3) is 6.13. The van der Waals surface area contributed by atoms with Crippen molar-refractivity contribution in [2.24, 2.45) is 5.92 Å². The maximum absolute atomic E-state index is 13.7. The van der Waals surface area contributed by atoms with Gasteiger partial charge in [0.05, 0.1) is 6.54 Å². The van der Waals surface area contributed by atoms with Gasteiger partial charge in [0.25, 0.3) is 0 Å². The van der Waals surface area contributed by atoms with Gasteiger partial charge in [-0.05, 0) is 12.8 Å². The molecule has 0 saturated carbocycles. The molecule has 4 nitrogen and oxygen atoms in total. The zero-order chi connectivity index (χ0) is 19.2. The molecule has 142 valence electrons. The summed E-state index contributed by atoms with van der Waals surface area (Å²) < 4.78 is 64.6. The minimum atomic E-state index is -4.78. The van der Waals surface area contributed by atoms with Crippen molar-refractivity contribution in [3.63, 3.8) is 0 Å². The standard InChI is InChI=1S/C16H21F5N2O2/c1-3-12(16(19,20)21)13(18)5-6-14(24)22(4-2)10-15(25)23-8-7-11(17)9-23/h3-4,11-13H,1-2,5-10H2. The molecule has 1 rings (SSSR count). The number of likely N-dealkylation sites (tertiary alicyclic amines) is 1. The maximum atomic E-state index is 13.7. The molecular formula is C16H21F5N2O2. The molecule has 1 heterocycles. The summed E-state index contributed by atoms with van der Waals surface area (Å²) >= 11 is 0. The van der Waals surface area contributed by atoms with Gasteiger partial charge in [-0.15, -0.1) is 6.58 Å². The number of rotatable bonds is 8. The summed E-state index contributed by atoms with van der Waals surface area (Å²) in [6.07, 6.45) is -7.65. The summed E-state index contributed by atoms with van der Waals surface area (Å²) in [7, 11) is 0. The van der Waals surface area contributed by atoms with Crippen molar-refractivity contribution in [2.75, 3.05) is 19.6 Å². The molecule has 1 aliphatic rings. The topological polar surface area (TPSA) is 40.6 Å². The number of amides is 2. The van der Waals surface area contributed by atoms with Crippen molar-refractivity contribution < 1.29 is 31.5 Å². The van der Waals surface area contributed by atoms with Crippen LogP contribution < -0.4 is 0 Å². The van der Waals surface area contributed by atoms with E-state index < -0.39 is 55.6 Å². The lowest BCUT2D eigenvalue weighted by Crippen LogP contribution is -2.40. The predicted molar refractivity (Wildman–Crippen MR) is 81.9 cm³/mol. The number of alkyl halides is 5. The van der Waals surface area contributed by atoms with E-state index in [2.05, 4.69) is 13.2 Å². The van der Waals surface area contributed by atoms with Crippen LogP contribution in [0.4, 0.5) is 22.0 Å². The SMILES string of the molecule is C=CC(C(F)CCC(=O)N(C=C)CC(=O)N1CCC(F)C1)C(F)(F)F. The first kappa shape index (κ1) is 21.1. The Morgan fingerprint density at radius 2 is 1.96 bits per heavy atom. The largest absolute Gasteiger partial charge is 0.397 e. The molecule has 3 unspecified atom stereocenters. The highest BCUT2D eigenvalue weighted by molar-refractivity contribution is 5.85. The van der Waals surface area contributed by atoms with Gasteiger partial charge in [0.2, 0.25) is 11.8 Å². The molecule has 25 heavy (non-hydrogen) atoms. The normalized spacial score (nSPS) is 20.0. The van der Waals surface area contributed by atoms with Crippen LogP contribution in [0.5, 0.6) is 0 Å². The molecule has 0 N–H and O–H groups in total. The van der Waals surface area contributed by atoms with Crippen molar-refractivity contribution in [3.8, 4) is 0 Å². The lowest BCUT2D eigenvalue weighted by molar-refractivity contribution is -0.177. The molecule has 9 heteroatoms. The lowest BCUT2D eigenvalue weighted by atomic mass is 9.99. The quantitative estimate of drug-likeness (QED) is 0.488. The van der Waals surface area contributed by atoms with E-state index in [0.29, 0.717) is 6.08 Å². The van der Waals surface area contributed by atoms with E-state index in [-0.39, 0.29) is 19.5 Å². The number of nitrogens with zero attached hydrogens (tertiary/aromatic N) is 2. The van der Waals surface area contributed by atoms with Gasteiger partial charge in [0, 0.05) is 19.2 Å². The van der Waals surface area contributed by atoms with Gasteiger partial charge in [0.1, 0.15) is 24.8 Å². The zero-order valence-corrected chi connectivity index (χ0v) is 13.6. The Balaban J connectivity index is 2.54. The van der Waals surface area contributed by atoms with Gasteiger partial charge in [0.15, 0.2) is 0 Å². The number of hydrogen-bond donors (Lipinski definition) is 0. The van der Waals surface area contributed by atoms with Crippen LogP contribution in [-0.2, 0) is 9.59 Å². The van der Waals surface area contributed by atoms with Crippen LogP contribution in [0, 0.1) is 5.92 Å². The molecule has 0 aliphatic carbocycles. The fraction of sp³-hybridized carbons (Fsp3) is 0.625. The van der Waals surface area contributed by atoms with Crippen LogP contribution in [-0.4, -0.2) is 59.8 Å². The molecule has 0 aromatic rings. The smallest absolute Gasteiger partial charge is 0.338 e. The second-order valence-electron chi connectivity index (χ2n) is 5.79. The zero-order valence-electron chi connectivity index (χ0n) is 13.6. The fourth-order valence-corrected chi connectivity index (χ4v) is 2.52. The Bertz CT molecular complexity index is 509. The van der Waals surface area contributed by atoms with Gasteiger partial charge in [-0.25, -0.2) is 8.78 Å². The van der Waals surface area contributed by atoms with Crippen molar-refractivity contribution >= 4 is 11.8 Å². The Morgan fingerprint density at radius 3 is 2.40 bits per heavy atom. The predicted octanol–water partition coefficient (Wildman–Crippen LogP) is 3.01. The van der Waals surface area contributed by atoms with Gasteiger partial charge < -0.3 is 9.80 Å². The molecule has 1 aliphatic heterocycles. The minimum absolute atomic E-state index is 0.0584. The summed E-state index contributed by atoms with van der Waals surface area (Å²) in [5.74, 6) is -3.58. The van der Waals surface area contributed by atoms with Crippen LogP contribution in [0.25, 0.3) is 0 Å². The molecule has 0 radical (unpaired) electrons. The second kappa shape index (κ2) is 8.96. The summed E-state index contributed by atoms with van der Waals surface area (Å²) in [4.78, 5) is 26.1. The molecule has 2 amide bonds. The first-order valence-electron chi connectivity index (χ1n) is 7.77. The van der Waals surface area contributed by atoms with E-state index in [0.717, 1.165) is 11.1 Å². The maximum Gasteiger partial charge on any atom is 0.397 e. The van der Waals surface area contributed by atoms with Crippen molar-refractivity contribution in [1.82, 2.24) is 9.80 Å². The van der Waals surface area contributed by atoms with Crippen LogP contribution in [0.1, 0.15) is 19.3 Å². The molecule has 0 aromatic carbocycles. The first-order valence-corrected chi connectivity index (χ1v) is 7.77. The second-order valence-corrected chi connectivity index (χ2v) is 5.79. The van der Waals surface area contributed by atoms with E-state index >= 15 is 0 Å². The average Bonchev–Trinajstić information content (AvgIpc) is 2.95. The van der Waals surface area contributed by atoms with Crippen molar-refractivity contribution in [3.05, 3.63) is 25.4 Å². The van der Waals surface area contributed by atoms with E-state index in [1.54, 1.807) is 0 Å². The molecule has 1 fully saturated rings. The molecule has 0 bridgehead atoms. The van der Waals surface area contributed by atoms with Crippen molar-refractivity contribution in [2.45, 2.75) is 37.8 Å². The highest BCUT2D eigenvalue weighted by Crippen LogP contribution is 2.33. The summed E-state index contributed by atoms with van der Waals surface area (Å²) in [6, 6.07) is 0. The van der Waals surface area contributed by atoms with Crippen LogP contribution in [0.2, 0.25) is 0 Å². The van der Waals surface area contributed by atoms with Crippen LogP contribution >= 0.6 is 0 Å². The third-order valence-corrected chi connectivity index (χ3v) is 3.99. The molecule has 3 atom stereocenters. The fourth-order valence-electron chi connectivity index (χ4n) is 2.52. The Morgan fingerprint density at radius 1 is 1.32 bits per heavy atom. The highest BCUT2D eigenvalue weighted by atomic mass is 19.4. The van der Waals surface area contributed by atoms with Gasteiger partial charge in [-0.2, -0.15) is 13.2 Å². The number of halogens is 5. The van der Waals surface area contributed by atoms with Gasteiger partial charge >= 0.3 is 6.18 Å². The summed E-state index contributed by atoms with van der Waals surface area (Å²) in [5, 5.41) is 0. The Kier molecular flexibility index (Phi) is 7.57. The molecule has 1 saturated heterocycles. The summed E-state index contributed by atoms with van der Waals surface area (Å²) in [6.45, 7) is 6.10. The minimum Gasteiger partial charge on any atom is -0.338 e. The van der Waals surface area contributed by atoms with Crippen LogP contribution in [0.3, 0.4) is 0 Å². The summed E-state index contributed by atoms with van der Waals surface area (Å²) in [5.41, 5.74) is 0. The molecule has 0 aromatic heterocycles. The monoisotopic (exact) mass is 368 g/mol. The number of carbonyl (C=O) groups is 2. The number of hydrogen-bond acceptors (Lipinski definition) is 2. The van der Waals surface area contributed by atoms with E-state index in [4.69, 9.17) is 0 Å². The first-order chi connectivity index (χ1) is 11.6. The Hall–Kier alpha value is -1.93. The highest BCUT2D eigenvalue weighted by Gasteiger charge is 2.43. The average molecular weight is 368 g/mol.